The fourth-order valence-corrected chi connectivity index (χ4v) is 2.96. The topological polar surface area (TPSA) is 52.5 Å². The summed E-state index contributed by atoms with van der Waals surface area (Å²) in [4.78, 5) is 4.73. The predicted octanol–water partition coefficient (Wildman–Crippen LogP) is 0.345. The molecule has 5 nitrogen and oxygen atoms in total. The second-order valence-electron chi connectivity index (χ2n) is 4.60. The Morgan fingerprint density at radius 1 is 1.41 bits per heavy atom. The Kier molecular flexibility index (Phi) is 4.44. The maximum atomic E-state index is 9.05. The molecule has 0 unspecified atom stereocenters. The van der Waals surface area contributed by atoms with Crippen LogP contribution in [0.25, 0.3) is 0 Å². The summed E-state index contributed by atoms with van der Waals surface area (Å²) in [6.07, 6.45) is 0.849. The van der Waals surface area contributed by atoms with Crippen LogP contribution in [-0.2, 0) is 6.54 Å². The molecule has 0 aliphatic carbocycles. The lowest BCUT2D eigenvalue weighted by molar-refractivity contribution is 0.0741. The SMILES string of the molecule is Cc1nnc(CN2CCN(C)[C@H](CCO)C2)s1. The highest BCUT2D eigenvalue weighted by atomic mass is 32.1. The molecule has 1 aliphatic rings. The van der Waals surface area contributed by atoms with Crippen LogP contribution in [0.1, 0.15) is 16.4 Å². The van der Waals surface area contributed by atoms with E-state index in [1.807, 2.05) is 6.92 Å². The molecule has 2 rings (SSSR count). The Morgan fingerprint density at radius 2 is 2.24 bits per heavy atom. The number of nitrogens with zero attached hydrogens (tertiary/aromatic N) is 4. The van der Waals surface area contributed by atoms with Crippen molar-refractivity contribution in [2.45, 2.75) is 25.9 Å². The van der Waals surface area contributed by atoms with Crippen molar-refractivity contribution in [1.29, 1.82) is 0 Å². The molecular weight excluding hydrogens is 236 g/mol. The van der Waals surface area contributed by atoms with Gasteiger partial charge in [-0.3, -0.25) is 4.90 Å². The van der Waals surface area contributed by atoms with Gasteiger partial charge >= 0.3 is 0 Å². The third kappa shape index (κ3) is 3.45. The van der Waals surface area contributed by atoms with Gasteiger partial charge in [0.1, 0.15) is 10.0 Å². The van der Waals surface area contributed by atoms with Gasteiger partial charge in [-0.1, -0.05) is 0 Å². The first-order chi connectivity index (χ1) is 8.19. The third-order valence-electron chi connectivity index (χ3n) is 3.25. The molecular formula is C11H20N4OS. The Balaban J connectivity index is 1.89. The zero-order valence-corrected chi connectivity index (χ0v) is 11.3. The summed E-state index contributed by atoms with van der Waals surface area (Å²) in [5, 5.41) is 19.4. The minimum atomic E-state index is 0.265. The van der Waals surface area contributed by atoms with Gasteiger partial charge in [0.15, 0.2) is 0 Å². The van der Waals surface area contributed by atoms with E-state index in [2.05, 4.69) is 27.0 Å². The average molecular weight is 256 g/mol. The molecule has 0 aromatic carbocycles. The minimum absolute atomic E-state index is 0.265. The molecule has 17 heavy (non-hydrogen) atoms. The number of aliphatic hydroxyl groups is 1. The molecule has 1 aromatic rings. The molecule has 0 radical (unpaired) electrons. The van der Waals surface area contributed by atoms with Crippen LogP contribution >= 0.6 is 11.3 Å². The van der Waals surface area contributed by atoms with Crippen LogP contribution in [0.15, 0.2) is 0 Å². The lowest BCUT2D eigenvalue weighted by atomic mass is 10.1. The first-order valence-electron chi connectivity index (χ1n) is 6.01. The van der Waals surface area contributed by atoms with Crippen LogP contribution < -0.4 is 0 Å². The number of likely N-dealkylation sites (N-methyl/N-ethyl adjacent to an activating group) is 1. The lowest BCUT2D eigenvalue weighted by Crippen LogP contribution is -2.51. The van der Waals surface area contributed by atoms with Gasteiger partial charge in [-0.25, -0.2) is 0 Å². The standard InChI is InChI=1S/C11H20N4OS/c1-9-12-13-11(17-9)8-15-5-4-14(2)10(7-15)3-6-16/h10,16H,3-8H2,1-2H3/t10-/m1/s1. The molecule has 0 amide bonds. The van der Waals surface area contributed by atoms with Gasteiger partial charge in [-0.05, 0) is 20.4 Å². The summed E-state index contributed by atoms with van der Waals surface area (Å²) in [6, 6.07) is 0.461. The Labute approximate surface area is 106 Å². The quantitative estimate of drug-likeness (QED) is 0.842. The van der Waals surface area contributed by atoms with E-state index in [-0.39, 0.29) is 6.61 Å². The van der Waals surface area contributed by atoms with Crippen molar-refractivity contribution in [3.05, 3.63) is 10.0 Å². The fraction of sp³-hybridized carbons (Fsp3) is 0.818. The first-order valence-corrected chi connectivity index (χ1v) is 6.83. The molecule has 1 N–H and O–H groups in total. The van der Waals surface area contributed by atoms with E-state index >= 15 is 0 Å². The van der Waals surface area contributed by atoms with Crippen LogP contribution in [0.3, 0.4) is 0 Å². The van der Waals surface area contributed by atoms with Crippen molar-refractivity contribution in [3.8, 4) is 0 Å². The summed E-state index contributed by atoms with van der Waals surface area (Å²) in [5.74, 6) is 0. The number of hydrogen-bond acceptors (Lipinski definition) is 6. The van der Waals surface area contributed by atoms with Crippen LogP contribution in [0.2, 0.25) is 0 Å². The smallest absolute Gasteiger partial charge is 0.131 e. The van der Waals surface area contributed by atoms with Gasteiger partial charge in [0.2, 0.25) is 0 Å². The lowest BCUT2D eigenvalue weighted by Gasteiger charge is -2.38. The molecule has 0 spiro atoms. The van der Waals surface area contributed by atoms with Crippen molar-refractivity contribution in [1.82, 2.24) is 20.0 Å². The zero-order valence-electron chi connectivity index (χ0n) is 10.5. The highest BCUT2D eigenvalue weighted by Crippen LogP contribution is 2.16. The highest BCUT2D eigenvalue weighted by molar-refractivity contribution is 7.11. The Bertz CT molecular complexity index is 357. The van der Waals surface area contributed by atoms with E-state index < -0.39 is 0 Å². The van der Waals surface area contributed by atoms with Crippen LogP contribution in [0, 0.1) is 6.92 Å². The van der Waals surface area contributed by atoms with Gasteiger partial charge < -0.3 is 10.0 Å². The zero-order chi connectivity index (χ0) is 12.3. The first kappa shape index (κ1) is 12.9. The van der Waals surface area contributed by atoms with Crippen molar-refractivity contribution in [3.63, 3.8) is 0 Å². The third-order valence-corrected chi connectivity index (χ3v) is 4.07. The number of rotatable bonds is 4. The Hall–Kier alpha value is -0.560. The Morgan fingerprint density at radius 3 is 2.88 bits per heavy atom. The van der Waals surface area contributed by atoms with Gasteiger partial charge in [-0.15, -0.1) is 21.5 Å². The molecule has 0 saturated carbocycles. The minimum Gasteiger partial charge on any atom is -0.396 e. The summed E-state index contributed by atoms with van der Waals surface area (Å²) >= 11 is 1.67. The van der Waals surface area contributed by atoms with E-state index in [0.717, 1.165) is 42.6 Å². The van der Waals surface area contributed by atoms with E-state index in [1.54, 1.807) is 11.3 Å². The van der Waals surface area contributed by atoms with Crippen LogP contribution in [-0.4, -0.2) is 64.4 Å². The molecule has 1 saturated heterocycles. The summed E-state index contributed by atoms with van der Waals surface area (Å²) < 4.78 is 0. The maximum Gasteiger partial charge on any atom is 0.131 e. The van der Waals surface area contributed by atoms with Gasteiger partial charge in [0, 0.05) is 32.3 Å². The molecule has 1 fully saturated rings. The van der Waals surface area contributed by atoms with Gasteiger partial charge in [-0.2, -0.15) is 0 Å². The monoisotopic (exact) mass is 256 g/mol. The summed E-state index contributed by atoms with van der Waals surface area (Å²) in [6.45, 7) is 6.27. The van der Waals surface area contributed by atoms with E-state index in [4.69, 9.17) is 5.11 Å². The predicted molar refractivity (Wildman–Crippen MR) is 68.0 cm³/mol. The largest absolute Gasteiger partial charge is 0.396 e. The fourth-order valence-electron chi connectivity index (χ4n) is 2.21. The second-order valence-corrected chi connectivity index (χ2v) is 5.86. The number of piperazine rings is 1. The molecule has 1 atom stereocenters. The second kappa shape index (κ2) is 5.86. The molecule has 1 aromatic heterocycles. The van der Waals surface area contributed by atoms with Crippen molar-refractivity contribution in [2.24, 2.45) is 0 Å². The highest BCUT2D eigenvalue weighted by Gasteiger charge is 2.24. The summed E-state index contributed by atoms with van der Waals surface area (Å²) in [7, 11) is 2.13. The van der Waals surface area contributed by atoms with Crippen LogP contribution in [0.5, 0.6) is 0 Å². The van der Waals surface area contributed by atoms with Crippen molar-refractivity contribution < 1.29 is 5.11 Å². The van der Waals surface area contributed by atoms with Crippen molar-refractivity contribution >= 4 is 11.3 Å². The number of aliphatic hydroxyl groups excluding tert-OH is 1. The maximum absolute atomic E-state index is 9.05. The molecule has 96 valence electrons. The summed E-state index contributed by atoms with van der Waals surface area (Å²) in [5.41, 5.74) is 0. The number of aryl methyl sites for hydroxylation is 1. The van der Waals surface area contributed by atoms with Crippen LogP contribution in [0.4, 0.5) is 0 Å². The molecule has 2 heterocycles. The van der Waals surface area contributed by atoms with Crippen molar-refractivity contribution in [2.75, 3.05) is 33.3 Å². The van der Waals surface area contributed by atoms with E-state index in [0.29, 0.717) is 6.04 Å². The van der Waals surface area contributed by atoms with E-state index in [9.17, 15) is 0 Å². The molecule has 0 bridgehead atoms. The molecule has 1 aliphatic heterocycles. The number of aromatic nitrogens is 2. The molecule has 6 heteroatoms. The van der Waals surface area contributed by atoms with Gasteiger partial charge in [0.05, 0.1) is 6.54 Å². The van der Waals surface area contributed by atoms with Gasteiger partial charge in [0.25, 0.3) is 0 Å². The van der Waals surface area contributed by atoms with E-state index in [1.165, 1.54) is 0 Å². The normalized spacial score (nSPS) is 23.1. The average Bonchev–Trinajstić information content (AvgIpc) is 2.69. The number of hydrogen-bond donors (Lipinski definition) is 1.